The summed E-state index contributed by atoms with van der Waals surface area (Å²) in [7, 11) is 1.78. The van der Waals surface area contributed by atoms with Crippen molar-refractivity contribution in [1.29, 1.82) is 0 Å². The van der Waals surface area contributed by atoms with Crippen molar-refractivity contribution in [2.45, 2.75) is 76.2 Å². The molecule has 1 aliphatic heterocycles. The molecule has 2 saturated carbocycles. The van der Waals surface area contributed by atoms with Crippen molar-refractivity contribution in [1.82, 2.24) is 10.2 Å². The van der Waals surface area contributed by atoms with Crippen LogP contribution in [0, 0.1) is 5.92 Å². The Morgan fingerprint density at radius 3 is 2.74 bits per heavy atom. The fourth-order valence-electron chi connectivity index (χ4n) is 3.82. The first-order valence-corrected chi connectivity index (χ1v) is 7.70. The summed E-state index contributed by atoms with van der Waals surface area (Å²) in [5, 5.41) is 3.61. The predicted octanol–water partition coefficient (Wildman–Crippen LogP) is 1.89. The highest BCUT2D eigenvalue weighted by atomic mass is 16.5. The van der Waals surface area contributed by atoms with E-state index in [-0.39, 0.29) is 23.9 Å². The zero-order valence-electron chi connectivity index (χ0n) is 12.3. The van der Waals surface area contributed by atoms with Gasteiger partial charge in [0.25, 0.3) is 0 Å². The van der Waals surface area contributed by atoms with Crippen LogP contribution in [0.2, 0.25) is 0 Å². The molecule has 4 heteroatoms. The van der Waals surface area contributed by atoms with Crippen molar-refractivity contribution in [3.8, 4) is 0 Å². The third kappa shape index (κ3) is 2.19. The van der Waals surface area contributed by atoms with Gasteiger partial charge in [0, 0.05) is 7.11 Å². The predicted molar refractivity (Wildman–Crippen MR) is 73.6 cm³/mol. The smallest absolute Gasteiger partial charge is 0.244 e. The molecule has 3 unspecified atom stereocenters. The number of ether oxygens (including phenoxy) is 1. The van der Waals surface area contributed by atoms with Crippen LogP contribution in [0.5, 0.6) is 0 Å². The summed E-state index contributed by atoms with van der Waals surface area (Å²) in [5.74, 6) is 0.941. The van der Waals surface area contributed by atoms with Crippen LogP contribution in [0.1, 0.15) is 52.4 Å². The van der Waals surface area contributed by atoms with Crippen molar-refractivity contribution in [3.05, 3.63) is 0 Å². The number of methoxy groups -OCH3 is 1. The molecule has 0 aromatic rings. The summed E-state index contributed by atoms with van der Waals surface area (Å²) in [6.45, 7) is 4.45. The number of amides is 1. The van der Waals surface area contributed by atoms with Gasteiger partial charge in [0.2, 0.25) is 5.91 Å². The van der Waals surface area contributed by atoms with Crippen LogP contribution < -0.4 is 5.32 Å². The second kappa shape index (κ2) is 4.74. The Kier molecular flexibility index (Phi) is 3.34. The summed E-state index contributed by atoms with van der Waals surface area (Å²) in [6.07, 6.45) is 6.88. The van der Waals surface area contributed by atoms with E-state index >= 15 is 0 Å². The van der Waals surface area contributed by atoms with Crippen molar-refractivity contribution in [2.75, 3.05) is 7.11 Å². The van der Waals surface area contributed by atoms with Crippen LogP contribution in [0.4, 0.5) is 0 Å². The molecule has 0 aromatic heterocycles. The van der Waals surface area contributed by atoms with Crippen LogP contribution in [0.3, 0.4) is 0 Å². The average molecular weight is 266 g/mol. The van der Waals surface area contributed by atoms with Gasteiger partial charge in [0.1, 0.15) is 0 Å². The lowest BCUT2D eigenvalue weighted by Crippen LogP contribution is -2.49. The topological polar surface area (TPSA) is 41.6 Å². The van der Waals surface area contributed by atoms with E-state index in [1.165, 1.54) is 6.42 Å². The summed E-state index contributed by atoms with van der Waals surface area (Å²) in [6, 6.07) is 0.286. The number of hydrogen-bond acceptors (Lipinski definition) is 3. The van der Waals surface area contributed by atoms with E-state index in [1.54, 1.807) is 7.11 Å². The van der Waals surface area contributed by atoms with Crippen LogP contribution >= 0.6 is 0 Å². The Morgan fingerprint density at radius 2 is 2.16 bits per heavy atom. The monoisotopic (exact) mass is 266 g/mol. The van der Waals surface area contributed by atoms with Gasteiger partial charge >= 0.3 is 0 Å². The lowest BCUT2D eigenvalue weighted by molar-refractivity contribution is -0.135. The molecule has 3 rings (SSSR count). The van der Waals surface area contributed by atoms with E-state index in [0.29, 0.717) is 11.8 Å². The molecule has 108 valence electrons. The number of carbonyl (C=O) groups excluding carboxylic acids is 1. The van der Waals surface area contributed by atoms with Crippen molar-refractivity contribution in [2.24, 2.45) is 5.92 Å². The molecule has 0 bridgehead atoms. The van der Waals surface area contributed by atoms with Crippen LogP contribution in [0.25, 0.3) is 0 Å². The number of nitrogens with zero attached hydrogens (tertiary/aromatic N) is 1. The fraction of sp³-hybridized carbons (Fsp3) is 0.933. The van der Waals surface area contributed by atoms with E-state index in [4.69, 9.17) is 4.74 Å². The molecule has 2 aliphatic carbocycles. The van der Waals surface area contributed by atoms with Gasteiger partial charge in [-0.15, -0.1) is 0 Å². The highest BCUT2D eigenvalue weighted by Crippen LogP contribution is 2.45. The Hall–Kier alpha value is -0.610. The van der Waals surface area contributed by atoms with Crippen molar-refractivity contribution < 1.29 is 9.53 Å². The van der Waals surface area contributed by atoms with Gasteiger partial charge in [0.05, 0.1) is 23.9 Å². The maximum atomic E-state index is 12.7. The first-order valence-electron chi connectivity index (χ1n) is 7.70. The Balaban J connectivity index is 1.81. The van der Waals surface area contributed by atoms with Gasteiger partial charge in [-0.1, -0.05) is 13.8 Å². The molecule has 1 spiro atoms. The molecular weight excluding hydrogens is 240 g/mol. The maximum Gasteiger partial charge on any atom is 0.244 e. The molecule has 1 saturated heterocycles. The number of nitrogens with one attached hydrogen (secondary N) is 1. The van der Waals surface area contributed by atoms with Crippen LogP contribution in [-0.2, 0) is 9.53 Å². The van der Waals surface area contributed by atoms with Gasteiger partial charge in [-0.3, -0.25) is 10.1 Å². The SMILES string of the molecule is COC1CCCC1N1C(=O)C2(CC2)NC1CC(C)C. The van der Waals surface area contributed by atoms with E-state index in [9.17, 15) is 4.79 Å². The van der Waals surface area contributed by atoms with Gasteiger partial charge in [0.15, 0.2) is 0 Å². The minimum atomic E-state index is -0.194. The molecule has 4 nitrogen and oxygen atoms in total. The molecule has 3 atom stereocenters. The lowest BCUT2D eigenvalue weighted by Gasteiger charge is -2.34. The highest BCUT2D eigenvalue weighted by Gasteiger charge is 2.61. The normalized spacial score (nSPS) is 36.7. The first-order chi connectivity index (χ1) is 9.07. The highest BCUT2D eigenvalue weighted by molar-refractivity contribution is 5.92. The summed E-state index contributed by atoms with van der Waals surface area (Å²) >= 11 is 0. The molecular formula is C15H26N2O2. The third-order valence-electron chi connectivity index (χ3n) is 4.94. The summed E-state index contributed by atoms with van der Waals surface area (Å²) in [5.41, 5.74) is -0.194. The fourth-order valence-corrected chi connectivity index (χ4v) is 3.82. The summed E-state index contributed by atoms with van der Waals surface area (Å²) < 4.78 is 5.60. The first kappa shape index (κ1) is 13.4. The number of hydrogen-bond donors (Lipinski definition) is 1. The van der Waals surface area contributed by atoms with E-state index in [0.717, 1.165) is 32.1 Å². The van der Waals surface area contributed by atoms with Gasteiger partial charge in [-0.05, 0) is 44.4 Å². The minimum absolute atomic E-state index is 0.194. The molecule has 19 heavy (non-hydrogen) atoms. The zero-order chi connectivity index (χ0) is 13.6. The second-order valence-electron chi connectivity index (χ2n) is 6.86. The maximum absolute atomic E-state index is 12.7. The standard InChI is InChI=1S/C15H26N2O2/c1-10(2)9-13-16-15(7-8-15)14(18)17(13)11-5-4-6-12(11)19-3/h10-13,16H,4-9H2,1-3H3. The van der Waals surface area contributed by atoms with Crippen molar-refractivity contribution >= 4 is 5.91 Å². The molecule has 1 amide bonds. The van der Waals surface area contributed by atoms with Crippen LogP contribution in [0.15, 0.2) is 0 Å². The largest absolute Gasteiger partial charge is 0.379 e. The van der Waals surface area contributed by atoms with Gasteiger partial charge in [-0.25, -0.2) is 0 Å². The number of rotatable bonds is 4. The lowest BCUT2D eigenvalue weighted by atomic mass is 10.1. The third-order valence-corrected chi connectivity index (χ3v) is 4.94. The Morgan fingerprint density at radius 1 is 1.42 bits per heavy atom. The molecule has 1 N–H and O–H groups in total. The molecule has 3 fully saturated rings. The Labute approximate surface area is 115 Å². The van der Waals surface area contributed by atoms with E-state index in [2.05, 4.69) is 24.1 Å². The van der Waals surface area contributed by atoms with E-state index in [1.807, 2.05) is 0 Å². The molecule has 1 heterocycles. The zero-order valence-corrected chi connectivity index (χ0v) is 12.3. The Bertz CT molecular complexity index is 365. The van der Waals surface area contributed by atoms with Gasteiger partial charge in [-0.2, -0.15) is 0 Å². The quantitative estimate of drug-likeness (QED) is 0.845. The van der Waals surface area contributed by atoms with E-state index < -0.39 is 0 Å². The van der Waals surface area contributed by atoms with Gasteiger partial charge < -0.3 is 9.64 Å². The average Bonchev–Trinajstić information content (AvgIpc) is 2.90. The van der Waals surface area contributed by atoms with Crippen molar-refractivity contribution in [3.63, 3.8) is 0 Å². The second-order valence-corrected chi connectivity index (χ2v) is 6.86. The summed E-state index contributed by atoms with van der Waals surface area (Å²) in [4.78, 5) is 14.9. The minimum Gasteiger partial charge on any atom is -0.379 e. The molecule has 3 aliphatic rings. The number of carbonyl (C=O) groups is 1. The molecule has 0 radical (unpaired) electrons. The molecule has 0 aromatic carbocycles. The van der Waals surface area contributed by atoms with Crippen LogP contribution in [-0.4, -0.2) is 41.8 Å².